The molecular formula is C14H21NO2. The van der Waals surface area contributed by atoms with E-state index in [2.05, 4.69) is 30.4 Å². The summed E-state index contributed by atoms with van der Waals surface area (Å²) in [5.41, 5.74) is 4.02. The molecule has 0 spiro atoms. The molecular weight excluding hydrogens is 214 g/mol. The third-order valence-corrected chi connectivity index (χ3v) is 2.99. The van der Waals surface area contributed by atoms with Crippen LogP contribution in [0.15, 0.2) is 18.2 Å². The van der Waals surface area contributed by atoms with Crippen LogP contribution < -0.4 is 5.32 Å². The first-order valence-corrected chi connectivity index (χ1v) is 6.37. The van der Waals surface area contributed by atoms with E-state index < -0.39 is 0 Å². The second-order valence-electron chi connectivity index (χ2n) is 4.31. The van der Waals surface area contributed by atoms with Gasteiger partial charge in [-0.05, 0) is 29.7 Å². The van der Waals surface area contributed by atoms with Crippen molar-refractivity contribution in [1.29, 1.82) is 0 Å². The predicted molar refractivity (Wildman–Crippen MR) is 68.0 cm³/mol. The van der Waals surface area contributed by atoms with Crippen molar-refractivity contribution < 1.29 is 9.47 Å². The Morgan fingerprint density at radius 3 is 3.00 bits per heavy atom. The van der Waals surface area contributed by atoms with E-state index in [4.69, 9.17) is 9.47 Å². The molecule has 1 aromatic rings. The lowest BCUT2D eigenvalue weighted by molar-refractivity contribution is 0.134. The highest BCUT2D eigenvalue weighted by Gasteiger charge is 2.10. The van der Waals surface area contributed by atoms with Gasteiger partial charge in [0.2, 0.25) is 0 Å². The van der Waals surface area contributed by atoms with Crippen molar-refractivity contribution in [2.75, 3.05) is 26.3 Å². The minimum Gasteiger partial charge on any atom is -0.380 e. The second kappa shape index (κ2) is 6.74. The lowest BCUT2D eigenvalue weighted by Gasteiger charge is -2.06. The summed E-state index contributed by atoms with van der Waals surface area (Å²) in [6, 6.07) is 6.60. The standard InChI is InChI=1S/C14H21NO2/c1-2-15-6-8-16-7-5-12-3-4-13-10-17-11-14(13)9-12/h3-4,9,15H,2,5-8,10-11H2,1H3. The van der Waals surface area contributed by atoms with E-state index in [1.54, 1.807) is 0 Å². The smallest absolute Gasteiger partial charge is 0.0725 e. The molecule has 0 bridgehead atoms. The zero-order chi connectivity index (χ0) is 11.9. The van der Waals surface area contributed by atoms with Gasteiger partial charge in [-0.2, -0.15) is 0 Å². The molecule has 0 aromatic heterocycles. The Bertz CT molecular complexity index is 352. The van der Waals surface area contributed by atoms with Crippen LogP contribution >= 0.6 is 0 Å². The molecule has 3 heteroatoms. The summed E-state index contributed by atoms with van der Waals surface area (Å²) in [6.45, 7) is 7.18. The molecule has 1 aliphatic heterocycles. The molecule has 17 heavy (non-hydrogen) atoms. The number of likely N-dealkylation sites (N-methyl/N-ethyl adjacent to an activating group) is 1. The Kier molecular flexibility index (Phi) is 4.98. The molecule has 1 N–H and O–H groups in total. The highest BCUT2D eigenvalue weighted by molar-refractivity contribution is 5.33. The zero-order valence-corrected chi connectivity index (χ0v) is 10.5. The van der Waals surface area contributed by atoms with Gasteiger partial charge in [-0.3, -0.25) is 0 Å². The molecule has 1 aliphatic rings. The fraction of sp³-hybridized carbons (Fsp3) is 0.571. The van der Waals surface area contributed by atoms with Crippen molar-refractivity contribution in [1.82, 2.24) is 5.32 Å². The lowest BCUT2D eigenvalue weighted by atomic mass is 10.0. The fourth-order valence-corrected chi connectivity index (χ4v) is 1.99. The van der Waals surface area contributed by atoms with E-state index in [0.29, 0.717) is 0 Å². The molecule has 0 atom stereocenters. The van der Waals surface area contributed by atoms with Crippen molar-refractivity contribution in [2.45, 2.75) is 26.6 Å². The molecule has 0 unspecified atom stereocenters. The molecule has 0 amide bonds. The Morgan fingerprint density at radius 1 is 1.24 bits per heavy atom. The summed E-state index contributed by atoms with van der Waals surface area (Å²) >= 11 is 0. The summed E-state index contributed by atoms with van der Waals surface area (Å²) in [5, 5.41) is 3.24. The van der Waals surface area contributed by atoms with Crippen LogP contribution in [0.1, 0.15) is 23.6 Å². The number of nitrogens with one attached hydrogen (secondary N) is 1. The van der Waals surface area contributed by atoms with E-state index in [0.717, 1.165) is 45.9 Å². The number of benzene rings is 1. The minimum atomic E-state index is 0.768. The van der Waals surface area contributed by atoms with Gasteiger partial charge in [-0.15, -0.1) is 0 Å². The first kappa shape index (κ1) is 12.6. The maximum Gasteiger partial charge on any atom is 0.0725 e. The lowest BCUT2D eigenvalue weighted by Crippen LogP contribution is -2.19. The van der Waals surface area contributed by atoms with Gasteiger partial charge in [0.1, 0.15) is 0 Å². The van der Waals surface area contributed by atoms with E-state index in [1.807, 2.05) is 0 Å². The van der Waals surface area contributed by atoms with Crippen molar-refractivity contribution in [3.8, 4) is 0 Å². The van der Waals surface area contributed by atoms with Crippen molar-refractivity contribution in [2.24, 2.45) is 0 Å². The molecule has 0 aliphatic carbocycles. The van der Waals surface area contributed by atoms with E-state index in [1.165, 1.54) is 16.7 Å². The largest absolute Gasteiger partial charge is 0.380 e. The zero-order valence-electron chi connectivity index (χ0n) is 10.5. The minimum absolute atomic E-state index is 0.768. The predicted octanol–water partition coefficient (Wildman–Crippen LogP) is 1.89. The number of ether oxygens (including phenoxy) is 2. The molecule has 1 aromatic carbocycles. The van der Waals surface area contributed by atoms with Crippen LogP contribution in [0, 0.1) is 0 Å². The van der Waals surface area contributed by atoms with E-state index in [9.17, 15) is 0 Å². The fourth-order valence-electron chi connectivity index (χ4n) is 1.99. The SMILES string of the molecule is CCNCCOCCc1ccc2c(c1)COC2. The van der Waals surface area contributed by atoms with Gasteiger partial charge in [0.15, 0.2) is 0 Å². The summed E-state index contributed by atoms with van der Waals surface area (Å²) in [7, 11) is 0. The van der Waals surface area contributed by atoms with Crippen LogP contribution in [0.3, 0.4) is 0 Å². The summed E-state index contributed by atoms with van der Waals surface area (Å²) in [4.78, 5) is 0. The first-order valence-electron chi connectivity index (χ1n) is 6.37. The Balaban J connectivity index is 1.69. The number of fused-ring (bicyclic) bond motifs is 1. The number of hydrogen-bond acceptors (Lipinski definition) is 3. The summed E-state index contributed by atoms with van der Waals surface area (Å²) < 4.78 is 11.0. The average molecular weight is 235 g/mol. The van der Waals surface area contributed by atoms with Crippen LogP contribution in [0.5, 0.6) is 0 Å². The Labute approximate surface area is 103 Å². The molecule has 94 valence electrons. The topological polar surface area (TPSA) is 30.5 Å². The van der Waals surface area contributed by atoms with Crippen LogP contribution in [0.25, 0.3) is 0 Å². The van der Waals surface area contributed by atoms with Crippen LogP contribution in [-0.2, 0) is 29.1 Å². The quantitative estimate of drug-likeness (QED) is 0.732. The van der Waals surface area contributed by atoms with Crippen molar-refractivity contribution >= 4 is 0 Å². The van der Waals surface area contributed by atoms with Gasteiger partial charge in [0.05, 0.1) is 26.4 Å². The molecule has 0 saturated carbocycles. The maximum absolute atomic E-state index is 5.57. The van der Waals surface area contributed by atoms with Gasteiger partial charge in [0.25, 0.3) is 0 Å². The van der Waals surface area contributed by atoms with Gasteiger partial charge in [0, 0.05) is 6.54 Å². The monoisotopic (exact) mass is 235 g/mol. The van der Waals surface area contributed by atoms with Crippen LogP contribution in [-0.4, -0.2) is 26.3 Å². The molecule has 0 fully saturated rings. The molecule has 1 heterocycles. The summed E-state index contributed by atoms with van der Waals surface area (Å²) in [6.07, 6.45) is 0.986. The van der Waals surface area contributed by atoms with Gasteiger partial charge in [-0.1, -0.05) is 25.1 Å². The van der Waals surface area contributed by atoms with Crippen molar-refractivity contribution in [3.63, 3.8) is 0 Å². The molecule has 3 nitrogen and oxygen atoms in total. The second-order valence-corrected chi connectivity index (χ2v) is 4.31. The number of hydrogen-bond donors (Lipinski definition) is 1. The van der Waals surface area contributed by atoms with E-state index >= 15 is 0 Å². The maximum atomic E-state index is 5.57. The molecule has 0 radical (unpaired) electrons. The molecule has 0 saturated heterocycles. The highest BCUT2D eigenvalue weighted by Crippen LogP contribution is 2.20. The van der Waals surface area contributed by atoms with Gasteiger partial charge in [-0.25, -0.2) is 0 Å². The third kappa shape index (κ3) is 3.80. The van der Waals surface area contributed by atoms with Gasteiger partial charge >= 0.3 is 0 Å². The van der Waals surface area contributed by atoms with E-state index in [-0.39, 0.29) is 0 Å². The third-order valence-electron chi connectivity index (χ3n) is 2.99. The first-order chi connectivity index (χ1) is 8.40. The van der Waals surface area contributed by atoms with Crippen molar-refractivity contribution in [3.05, 3.63) is 34.9 Å². The Morgan fingerprint density at radius 2 is 2.12 bits per heavy atom. The molecule has 2 rings (SSSR count). The van der Waals surface area contributed by atoms with Crippen LogP contribution in [0.2, 0.25) is 0 Å². The van der Waals surface area contributed by atoms with Gasteiger partial charge < -0.3 is 14.8 Å². The normalized spacial score (nSPS) is 13.9. The van der Waals surface area contributed by atoms with Crippen LogP contribution in [0.4, 0.5) is 0 Å². The average Bonchev–Trinajstić information content (AvgIpc) is 2.81. The Hall–Kier alpha value is -0.900. The summed E-state index contributed by atoms with van der Waals surface area (Å²) in [5.74, 6) is 0. The number of rotatable bonds is 7. The highest BCUT2D eigenvalue weighted by atomic mass is 16.5.